The molecule has 120 valence electrons. The molecule has 9 heteroatoms. The highest BCUT2D eigenvalue weighted by atomic mass is 35.5. The van der Waals surface area contributed by atoms with Crippen LogP contribution in [0.25, 0.3) is 0 Å². The number of amides is 4. The first-order valence-electron chi connectivity index (χ1n) is 6.34. The Balaban J connectivity index is 2.58. The number of carbonyl (C=O) groups excluding carboxylic acids is 3. The van der Waals surface area contributed by atoms with E-state index in [-0.39, 0.29) is 0 Å². The molecule has 0 aliphatic carbocycles. The molecular formula is C13H17ClN4O3S. The molecular weight excluding hydrogens is 328 g/mol. The molecule has 0 heterocycles. The van der Waals surface area contributed by atoms with Crippen molar-refractivity contribution in [2.75, 3.05) is 12.0 Å². The largest absolute Gasteiger partial charge is 0.352 e. The van der Waals surface area contributed by atoms with Gasteiger partial charge in [-0.25, -0.2) is 4.79 Å². The van der Waals surface area contributed by atoms with Gasteiger partial charge in [-0.05, 0) is 36.6 Å². The SMILES string of the molecule is CSCC[C@@H](NC(N)=O)C(=O)NNC(=O)c1cccc(Cl)c1. The van der Waals surface area contributed by atoms with Crippen LogP contribution < -0.4 is 21.9 Å². The highest BCUT2D eigenvalue weighted by Crippen LogP contribution is 2.10. The predicted molar refractivity (Wildman–Crippen MR) is 86.6 cm³/mol. The lowest BCUT2D eigenvalue weighted by Crippen LogP contribution is -2.53. The minimum atomic E-state index is -0.815. The van der Waals surface area contributed by atoms with E-state index in [0.29, 0.717) is 22.8 Å². The summed E-state index contributed by atoms with van der Waals surface area (Å²) in [5.41, 5.74) is 9.84. The van der Waals surface area contributed by atoms with Gasteiger partial charge >= 0.3 is 6.03 Å². The van der Waals surface area contributed by atoms with Gasteiger partial charge in [0.25, 0.3) is 11.8 Å². The summed E-state index contributed by atoms with van der Waals surface area (Å²) in [6, 6.07) is 4.66. The van der Waals surface area contributed by atoms with Crippen LogP contribution in [0, 0.1) is 0 Å². The molecule has 0 bridgehead atoms. The van der Waals surface area contributed by atoms with E-state index in [1.54, 1.807) is 18.2 Å². The lowest BCUT2D eigenvalue weighted by atomic mass is 10.2. The average Bonchev–Trinajstić information content (AvgIpc) is 2.48. The minimum absolute atomic E-state index is 0.302. The van der Waals surface area contributed by atoms with Crippen molar-refractivity contribution >= 4 is 41.2 Å². The highest BCUT2D eigenvalue weighted by molar-refractivity contribution is 7.98. The van der Waals surface area contributed by atoms with E-state index in [1.165, 1.54) is 17.8 Å². The third-order valence-electron chi connectivity index (χ3n) is 2.63. The number of thioether (sulfide) groups is 1. The van der Waals surface area contributed by atoms with E-state index in [0.717, 1.165) is 0 Å². The number of hydrazine groups is 1. The third kappa shape index (κ3) is 6.23. The maximum atomic E-state index is 12.0. The summed E-state index contributed by atoms with van der Waals surface area (Å²) in [5.74, 6) is -0.414. The van der Waals surface area contributed by atoms with Crippen LogP contribution >= 0.6 is 23.4 Å². The Bertz CT molecular complexity index is 556. The maximum absolute atomic E-state index is 12.0. The molecule has 0 saturated carbocycles. The second-order valence-corrected chi connectivity index (χ2v) is 5.72. The van der Waals surface area contributed by atoms with Crippen molar-refractivity contribution < 1.29 is 14.4 Å². The zero-order valence-corrected chi connectivity index (χ0v) is 13.5. The van der Waals surface area contributed by atoms with Crippen molar-refractivity contribution in [3.05, 3.63) is 34.9 Å². The van der Waals surface area contributed by atoms with E-state index in [4.69, 9.17) is 17.3 Å². The maximum Gasteiger partial charge on any atom is 0.312 e. The number of rotatable bonds is 6. The van der Waals surface area contributed by atoms with E-state index < -0.39 is 23.9 Å². The van der Waals surface area contributed by atoms with Gasteiger partial charge in [-0.3, -0.25) is 20.4 Å². The smallest absolute Gasteiger partial charge is 0.312 e. The van der Waals surface area contributed by atoms with Crippen molar-refractivity contribution in [2.45, 2.75) is 12.5 Å². The molecule has 0 unspecified atom stereocenters. The second-order valence-electron chi connectivity index (χ2n) is 4.30. The molecule has 0 aliphatic heterocycles. The molecule has 1 aromatic rings. The normalized spacial score (nSPS) is 11.4. The number of carbonyl (C=O) groups is 3. The van der Waals surface area contributed by atoms with Gasteiger partial charge in [0.1, 0.15) is 6.04 Å². The zero-order valence-electron chi connectivity index (χ0n) is 11.9. The molecule has 22 heavy (non-hydrogen) atoms. The number of hydrogen-bond acceptors (Lipinski definition) is 4. The number of nitrogens with two attached hydrogens (primary N) is 1. The van der Waals surface area contributed by atoms with Crippen LogP contribution in [-0.2, 0) is 4.79 Å². The minimum Gasteiger partial charge on any atom is -0.352 e. The number of benzene rings is 1. The fourth-order valence-electron chi connectivity index (χ4n) is 1.58. The van der Waals surface area contributed by atoms with E-state index in [9.17, 15) is 14.4 Å². The van der Waals surface area contributed by atoms with Crippen LogP contribution in [0.4, 0.5) is 4.79 Å². The lowest BCUT2D eigenvalue weighted by Gasteiger charge is -2.17. The molecule has 0 aromatic heterocycles. The summed E-state index contributed by atoms with van der Waals surface area (Å²) >= 11 is 7.31. The van der Waals surface area contributed by atoms with Gasteiger partial charge < -0.3 is 11.1 Å². The van der Waals surface area contributed by atoms with E-state index in [2.05, 4.69) is 16.2 Å². The Labute approximate surface area is 137 Å². The topological polar surface area (TPSA) is 113 Å². The van der Waals surface area contributed by atoms with Crippen LogP contribution in [0.2, 0.25) is 5.02 Å². The highest BCUT2D eigenvalue weighted by Gasteiger charge is 2.20. The molecule has 0 saturated heterocycles. The Hall–Kier alpha value is -1.93. The first kappa shape index (κ1) is 18.1. The molecule has 0 spiro atoms. The van der Waals surface area contributed by atoms with Gasteiger partial charge in [-0.1, -0.05) is 17.7 Å². The molecule has 4 amide bonds. The summed E-state index contributed by atoms with van der Waals surface area (Å²) in [4.78, 5) is 34.7. The monoisotopic (exact) mass is 344 g/mol. The van der Waals surface area contributed by atoms with Gasteiger partial charge in [0, 0.05) is 10.6 Å². The van der Waals surface area contributed by atoms with Gasteiger partial charge in [-0.15, -0.1) is 0 Å². The number of hydrogen-bond donors (Lipinski definition) is 4. The van der Waals surface area contributed by atoms with Crippen molar-refractivity contribution in [2.24, 2.45) is 5.73 Å². The van der Waals surface area contributed by atoms with Crippen LogP contribution in [0.15, 0.2) is 24.3 Å². The molecule has 0 fully saturated rings. The molecule has 0 radical (unpaired) electrons. The van der Waals surface area contributed by atoms with Crippen LogP contribution in [-0.4, -0.2) is 35.9 Å². The number of primary amides is 1. The average molecular weight is 345 g/mol. The standard InChI is InChI=1S/C13H17ClN4O3S/c1-22-6-5-10(16-13(15)21)12(20)18-17-11(19)8-3-2-4-9(14)7-8/h2-4,7,10H,5-6H2,1H3,(H,17,19)(H,18,20)(H3,15,16,21)/t10-/m1/s1. The van der Waals surface area contributed by atoms with Crippen molar-refractivity contribution in [1.82, 2.24) is 16.2 Å². The third-order valence-corrected chi connectivity index (χ3v) is 3.51. The number of nitrogens with one attached hydrogen (secondary N) is 3. The fourth-order valence-corrected chi connectivity index (χ4v) is 2.25. The first-order chi connectivity index (χ1) is 10.4. The Kier molecular flexibility index (Phi) is 7.55. The lowest BCUT2D eigenvalue weighted by molar-refractivity contribution is -0.123. The Morgan fingerprint density at radius 1 is 1.32 bits per heavy atom. The van der Waals surface area contributed by atoms with Crippen molar-refractivity contribution in [3.63, 3.8) is 0 Å². The van der Waals surface area contributed by atoms with E-state index in [1.807, 2.05) is 6.26 Å². The quantitative estimate of drug-likeness (QED) is 0.574. The summed E-state index contributed by atoms with van der Waals surface area (Å²) < 4.78 is 0. The van der Waals surface area contributed by atoms with Crippen molar-refractivity contribution in [3.8, 4) is 0 Å². The number of halogens is 1. The Morgan fingerprint density at radius 2 is 2.05 bits per heavy atom. The van der Waals surface area contributed by atoms with Gasteiger partial charge in [0.15, 0.2) is 0 Å². The summed E-state index contributed by atoms with van der Waals surface area (Å²) in [7, 11) is 0. The predicted octanol–water partition coefficient (Wildman–Crippen LogP) is 0.891. The molecule has 0 aliphatic rings. The first-order valence-corrected chi connectivity index (χ1v) is 8.12. The summed E-state index contributed by atoms with van der Waals surface area (Å²) in [6.45, 7) is 0. The summed E-state index contributed by atoms with van der Waals surface area (Å²) in [5, 5.41) is 2.74. The number of urea groups is 1. The Morgan fingerprint density at radius 3 is 2.64 bits per heavy atom. The molecule has 1 rings (SSSR count). The van der Waals surface area contributed by atoms with Crippen LogP contribution in [0.3, 0.4) is 0 Å². The zero-order chi connectivity index (χ0) is 16.5. The van der Waals surface area contributed by atoms with Crippen molar-refractivity contribution in [1.29, 1.82) is 0 Å². The second kappa shape index (κ2) is 9.16. The molecule has 1 atom stereocenters. The van der Waals surface area contributed by atoms with Crippen LogP contribution in [0.5, 0.6) is 0 Å². The fraction of sp³-hybridized carbons (Fsp3) is 0.308. The van der Waals surface area contributed by atoms with Crippen LogP contribution in [0.1, 0.15) is 16.8 Å². The van der Waals surface area contributed by atoms with Gasteiger partial charge in [-0.2, -0.15) is 11.8 Å². The van der Waals surface area contributed by atoms with Gasteiger partial charge in [0.2, 0.25) is 0 Å². The molecule has 1 aromatic carbocycles. The summed E-state index contributed by atoms with van der Waals surface area (Å²) in [6.07, 6.45) is 2.27. The van der Waals surface area contributed by atoms with E-state index >= 15 is 0 Å². The molecule has 5 N–H and O–H groups in total. The van der Waals surface area contributed by atoms with Gasteiger partial charge in [0.05, 0.1) is 0 Å². The molecule has 7 nitrogen and oxygen atoms in total.